The summed E-state index contributed by atoms with van der Waals surface area (Å²) in [4.78, 5) is 16.3. The number of aliphatic imine (C=N–C) groups is 1. The number of guanidine groups is 1. The molecule has 28 heavy (non-hydrogen) atoms. The van der Waals surface area contributed by atoms with Crippen molar-refractivity contribution in [2.75, 3.05) is 20.1 Å². The Morgan fingerprint density at radius 3 is 2.79 bits per heavy atom. The van der Waals surface area contributed by atoms with Crippen molar-refractivity contribution < 1.29 is 18.1 Å². The van der Waals surface area contributed by atoms with E-state index < -0.39 is 27.4 Å². The van der Waals surface area contributed by atoms with Crippen LogP contribution in [0.3, 0.4) is 0 Å². The lowest BCUT2D eigenvalue weighted by atomic mass is 10.2. The van der Waals surface area contributed by atoms with E-state index in [-0.39, 0.29) is 11.7 Å². The summed E-state index contributed by atoms with van der Waals surface area (Å²) in [5.74, 6) is -0.418. The van der Waals surface area contributed by atoms with Crippen LogP contribution in [0.5, 0.6) is 0 Å². The Balaban J connectivity index is 2.34. The molecule has 0 fully saturated rings. The molecule has 1 aliphatic heterocycles. The van der Waals surface area contributed by atoms with Gasteiger partial charge in [0.25, 0.3) is 0 Å². The number of carbonyl (C=O) groups excluding carboxylic acids is 1. The first-order valence-corrected chi connectivity index (χ1v) is 11.6. The fourth-order valence-corrected chi connectivity index (χ4v) is 5.43. The number of nitrogens with one attached hydrogen (secondary N) is 1. The summed E-state index contributed by atoms with van der Waals surface area (Å²) in [6.07, 6.45) is 0.787. The Hall–Kier alpha value is -1.43. The van der Waals surface area contributed by atoms with Crippen LogP contribution in [-0.2, 0) is 20.4 Å². The molecule has 0 saturated heterocycles. The molecule has 1 aromatic rings. The first kappa shape index (κ1) is 22.9. The number of halogens is 2. The van der Waals surface area contributed by atoms with E-state index in [0.29, 0.717) is 18.7 Å². The number of carbonyl (C=O) groups is 1. The second-order valence-corrected chi connectivity index (χ2v) is 10.8. The normalized spacial score (nSPS) is 20.9. The molecule has 1 atom stereocenters. The quantitative estimate of drug-likeness (QED) is 0.362. The number of ether oxygens (including phenoxy) is 1. The molecular weight excluding hydrogens is 498 g/mol. The topological polar surface area (TPSA) is 83.4 Å². The molecule has 0 aliphatic carbocycles. The van der Waals surface area contributed by atoms with Crippen LogP contribution in [-0.4, -0.2) is 46.3 Å². The summed E-state index contributed by atoms with van der Waals surface area (Å²) >= 11 is 2.08. The van der Waals surface area contributed by atoms with Gasteiger partial charge in [-0.25, -0.2) is 17.8 Å². The summed E-state index contributed by atoms with van der Waals surface area (Å²) < 4.78 is 40.0. The Kier molecular flexibility index (Phi) is 7.66. The molecule has 0 bridgehead atoms. The van der Waals surface area contributed by atoms with Crippen LogP contribution in [0.15, 0.2) is 27.6 Å². The fraction of sp³-hybridized carbons (Fsp3) is 0.556. The van der Waals surface area contributed by atoms with E-state index >= 15 is 0 Å². The van der Waals surface area contributed by atoms with E-state index in [0.717, 1.165) is 16.4 Å². The van der Waals surface area contributed by atoms with Crippen LogP contribution in [0.4, 0.5) is 9.18 Å². The minimum absolute atomic E-state index is 0.0926. The molecule has 1 N–H and O–H groups in total. The highest BCUT2D eigenvalue weighted by Gasteiger charge is 2.29. The zero-order chi connectivity index (χ0) is 20.9. The van der Waals surface area contributed by atoms with Crippen molar-refractivity contribution in [1.29, 1.82) is 0 Å². The molecule has 0 saturated carbocycles. The zero-order valence-electron chi connectivity index (χ0n) is 16.5. The molecule has 1 unspecified atom stereocenters. The van der Waals surface area contributed by atoms with Crippen LogP contribution in [0.1, 0.15) is 39.2 Å². The van der Waals surface area contributed by atoms with Gasteiger partial charge in [0.15, 0.2) is 0 Å². The predicted molar refractivity (Wildman–Crippen MR) is 117 cm³/mol. The minimum atomic E-state index is -3.05. The van der Waals surface area contributed by atoms with Crippen molar-refractivity contribution in [3.63, 3.8) is 0 Å². The van der Waals surface area contributed by atoms with Gasteiger partial charge in [-0.2, -0.15) is 0 Å². The van der Waals surface area contributed by atoms with Gasteiger partial charge in [0.2, 0.25) is 5.96 Å². The molecule has 1 amide bonds. The number of amides is 1. The van der Waals surface area contributed by atoms with Crippen LogP contribution >= 0.6 is 22.6 Å². The molecule has 10 heteroatoms. The van der Waals surface area contributed by atoms with E-state index in [1.165, 1.54) is 17.4 Å². The van der Waals surface area contributed by atoms with Gasteiger partial charge in [-0.1, -0.05) is 0 Å². The number of hydrogen-bond donors (Lipinski definition) is 1. The molecule has 0 spiro atoms. The van der Waals surface area contributed by atoms with E-state index in [1.54, 1.807) is 32.9 Å². The number of rotatable bonds is 2. The fourth-order valence-electron chi connectivity index (χ4n) is 2.63. The average molecular weight is 524 g/mol. The lowest BCUT2D eigenvalue weighted by molar-refractivity contribution is 0.0559. The monoisotopic (exact) mass is 524 g/mol. The zero-order valence-corrected chi connectivity index (χ0v) is 19.5. The smallest absolute Gasteiger partial charge is 0.414 e. The maximum Gasteiger partial charge on any atom is 0.414 e. The first-order chi connectivity index (χ1) is 13.0. The maximum atomic E-state index is 14.3. The van der Waals surface area contributed by atoms with Gasteiger partial charge in [-0.05, 0) is 74.4 Å². The molecular formula is C18H26FIN4O3S. The van der Waals surface area contributed by atoms with Gasteiger partial charge < -0.3 is 4.74 Å². The van der Waals surface area contributed by atoms with Crippen molar-refractivity contribution in [2.45, 2.75) is 45.0 Å². The predicted octanol–water partition coefficient (Wildman–Crippen LogP) is 3.92. The third kappa shape index (κ3) is 6.29. The number of alkyl carbamates (subject to hydrolysis) is 1. The van der Waals surface area contributed by atoms with Gasteiger partial charge in [-0.3, -0.25) is 14.6 Å². The van der Waals surface area contributed by atoms with Gasteiger partial charge >= 0.3 is 6.09 Å². The SMILES string of the molecule is C/N=C(/NC(=O)OC(C)(C)C)N1CCCCN=S1(=O)Cc1cc(I)ccc1F. The van der Waals surface area contributed by atoms with Gasteiger partial charge in [0, 0.05) is 22.7 Å². The van der Waals surface area contributed by atoms with Crippen molar-refractivity contribution >= 4 is 44.6 Å². The molecule has 1 aliphatic rings. The van der Waals surface area contributed by atoms with Gasteiger partial charge in [0.05, 0.1) is 12.3 Å². The summed E-state index contributed by atoms with van der Waals surface area (Å²) in [6, 6.07) is 4.66. The summed E-state index contributed by atoms with van der Waals surface area (Å²) in [7, 11) is -1.56. The Morgan fingerprint density at radius 1 is 1.43 bits per heavy atom. The largest absolute Gasteiger partial charge is 0.444 e. The standard InChI is InChI=1S/C18H26FIN4O3S/c1-18(2,3)27-17(25)23-16(21-4)24-10-6-5-9-22-28(24,26)12-13-11-14(20)7-8-15(13)19/h7-8,11H,5-6,9-10,12H2,1-4H3,(H,21,23,25). The van der Waals surface area contributed by atoms with Crippen molar-refractivity contribution in [3.8, 4) is 0 Å². The molecule has 0 aromatic heterocycles. The van der Waals surface area contributed by atoms with Crippen molar-refractivity contribution in [1.82, 2.24) is 9.62 Å². The second kappa shape index (κ2) is 9.38. The van der Waals surface area contributed by atoms with Crippen molar-refractivity contribution in [2.24, 2.45) is 9.36 Å². The minimum Gasteiger partial charge on any atom is -0.444 e. The Labute approximate surface area is 179 Å². The van der Waals surface area contributed by atoms with E-state index in [2.05, 4.69) is 37.3 Å². The third-order valence-electron chi connectivity index (χ3n) is 3.82. The summed E-state index contributed by atoms with van der Waals surface area (Å²) in [5.41, 5.74) is -0.363. The highest BCUT2D eigenvalue weighted by atomic mass is 127. The summed E-state index contributed by atoms with van der Waals surface area (Å²) in [5, 5.41) is 2.57. The van der Waals surface area contributed by atoms with Crippen LogP contribution < -0.4 is 5.32 Å². The first-order valence-electron chi connectivity index (χ1n) is 8.93. The molecule has 1 aromatic carbocycles. The van der Waals surface area contributed by atoms with Crippen LogP contribution in [0.25, 0.3) is 0 Å². The highest BCUT2D eigenvalue weighted by molar-refractivity contribution is 14.1. The molecule has 7 nitrogen and oxygen atoms in total. The van der Waals surface area contributed by atoms with Crippen LogP contribution in [0, 0.1) is 9.39 Å². The molecule has 156 valence electrons. The second-order valence-electron chi connectivity index (χ2n) is 7.32. The van der Waals surface area contributed by atoms with Crippen LogP contribution in [0.2, 0.25) is 0 Å². The van der Waals surface area contributed by atoms with E-state index in [4.69, 9.17) is 4.74 Å². The number of nitrogens with zero attached hydrogens (tertiary/aromatic N) is 3. The Bertz CT molecular complexity index is 876. The number of hydrogen-bond acceptors (Lipinski definition) is 5. The van der Waals surface area contributed by atoms with Crippen molar-refractivity contribution in [3.05, 3.63) is 33.1 Å². The summed E-state index contributed by atoms with van der Waals surface area (Å²) in [6.45, 7) is 6.04. The highest BCUT2D eigenvalue weighted by Crippen LogP contribution is 2.22. The molecule has 2 rings (SSSR count). The third-order valence-corrected chi connectivity index (χ3v) is 6.81. The van der Waals surface area contributed by atoms with E-state index in [9.17, 15) is 13.4 Å². The average Bonchev–Trinajstić information content (AvgIpc) is 2.76. The lowest BCUT2D eigenvalue weighted by Gasteiger charge is -2.28. The lowest BCUT2D eigenvalue weighted by Crippen LogP contribution is -2.48. The molecule has 0 radical (unpaired) electrons. The Morgan fingerprint density at radius 2 is 2.14 bits per heavy atom. The molecule has 1 heterocycles. The van der Waals surface area contributed by atoms with Gasteiger partial charge in [-0.15, -0.1) is 0 Å². The van der Waals surface area contributed by atoms with E-state index in [1.807, 2.05) is 0 Å². The number of benzene rings is 1. The maximum absolute atomic E-state index is 14.3. The van der Waals surface area contributed by atoms with Gasteiger partial charge in [0.1, 0.15) is 21.3 Å².